The van der Waals surface area contributed by atoms with Crippen molar-refractivity contribution in [1.82, 2.24) is 0 Å². The van der Waals surface area contributed by atoms with Gasteiger partial charge in [-0.2, -0.15) is 25.3 Å². The molecule has 0 N–H and O–H groups in total. The summed E-state index contributed by atoms with van der Waals surface area (Å²) in [5.74, 6) is 1.51. The largest absolute Gasteiger partial charge is 0.464 e. The van der Waals surface area contributed by atoms with Crippen molar-refractivity contribution in [3.63, 3.8) is 0 Å². The smallest absolute Gasteiger partial charge is 0.142 e. The predicted octanol–water partition coefficient (Wildman–Crippen LogP) is 9.76. The predicted molar refractivity (Wildman–Crippen MR) is 167 cm³/mol. The number of furan rings is 2. The van der Waals surface area contributed by atoms with Crippen molar-refractivity contribution < 1.29 is 8.83 Å². The summed E-state index contributed by atoms with van der Waals surface area (Å²) in [7, 11) is 0. The zero-order chi connectivity index (χ0) is 25.6. The fraction of sp³-hybridized carbons (Fsp3) is 0.118. The Morgan fingerprint density at radius 2 is 1.00 bits per heavy atom. The first-order chi connectivity index (χ1) is 18.8. The van der Waals surface area contributed by atoms with Crippen molar-refractivity contribution in [3.05, 3.63) is 109 Å². The van der Waals surface area contributed by atoms with Crippen LogP contribution in [0.3, 0.4) is 0 Å². The van der Waals surface area contributed by atoms with Crippen LogP contribution in [-0.4, -0.2) is 11.5 Å². The maximum Gasteiger partial charge on any atom is 0.142 e. The molecule has 186 valence electrons. The summed E-state index contributed by atoms with van der Waals surface area (Å²) in [6.07, 6.45) is 5.31. The Morgan fingerprint density at radius 1 is 0.474 bits per heavy atom. The third-order valence-corrected chi connectivity index (χ3v) is 8.07. The van der Waals surface area contributed by atoms with Gasteiger partial charge in [-0.3, -0.25) is 0 Å². The van der Waals surface area contributed by atoms with Crippen LogP contribution >= 0.6 is 25.3 Å². The summed E-state index contributed by atoms with van der Waals surface area (Å²) in [5.41, 5.74) is 9.01. The van der Waals surface area contributed by atoms with Crippen LogP contribution in [0.4, 0.5) is 0 Å². The van der Waals surface area contributed by atoms with E-state index in [1.165, 1.54) is 49.2 Å². The van der Waals surface area contributed by atoms with E-state index in [0.29, 0.717) is 0 Å². The molecule has 0 bridgehead atoms. The second-order valence-corrected chi connectivity index (χ2v) is 10.6. The van der Waals surface area contributed by atoms with Gasteiger partial charge in [0.1, 0.15) is 11.2 Å². The van der Waals surface area contributed by atoms with Gasteiger partial charge in [0, 0.05) is 27.5 Å². The van der Waals surface area contributed by atoms with Gasteiger partial charge in [0.2, 0.25) is 0 Å². The SMILES string of the molecule is SCCc1c2cc3c(-c4ccccc4)c4ccoc4c(-c4ccccc4)c3cc2c(CCS)c2occc12. The molecule has 0 aliphatic carbocycles. The van der Waals surface area contributed by atoms with Crippen LogP contribution in [0, 0.1) is 0 Å². The summed E-state index contributed by atoms with van der Waals surface area (Å²) in [5, 5.41) is 7.17. The van der Waals surface area contributed by atoms with Crippen molar-refractivity contribution >= 4 is 68.7 Å². The Bertz CT molecular complexity index is 1790. The van der Waals surface area contributed by atoms with E-state index in [-0.39, 0.29) is 0 Å². The molecule has 0 atom stereocenters. The van der Waals surface area contributed by atoms with Crippen molar-refractivity contribution in [2.45, 2.75) is 12.8 Å². The highest BCUT2D eigenvalue weighted by atomic mass is 32.1. The Hall–Kier alpha value is -3.60. The molecule has 0 radical (unpaired) electrons. The molecule has 7 rings (SSSR count). The molecular weight excluding hydrogens is 505 g/mol. The van der Waals surface area contributed by atoms with Crippen molar-refractivity contribution in [3.8, 4) is 22.3 Å². The third kappa shape index (κ3) is 3.58. The molecule has 0 amide bonds. The van der Waals surface area contributed by atoms with E-state index < -0.39 is 0 Å². The van der Waals surface area contributed by atoms with E-state index >= 15 is 0 Å². The van der Waals surface area contributed by atoms with Gasteiger partial charge in [-0.1, -0.05) is 60.7 Å². The molecule has 2 nitrogen and oxygen atoms in total. The van der Waals surface area contributed by atoms with Crippen LogP contribution in [-0.2, 0) is 12.8 Å². The molecule has 0 saturated heterocycles. The molecule has 5 aromatic carbocycles. The number of hydrogen-bond acceptors (Lipinski definition) is 4. The summed E-state index contributed by atoms with van der Waals surface area (Å²) < 4.78 is 12.3. The van der Waals surface area contributed by atoms with Crippen LogP contribution in [0.1, 0.15) is 11.1 Å². The lowest BCUT2D eigenvalue weighted by Crippen LogP contribution is -1.98. The second-order valence-electron chi connectivity index (χ2n) is 9.66. The highest BCUT2D eigenvalue weighted by molar-refractivity contribution is 7.80. The van der Waals surface area contributed by atoms with Crippen molar-refractivity contribution in [2.24, 2.45) is 0 Å². The summed E-state index contributed by atoms with van der Waals surface area (Å²) in [6.45, 7) is 0. The Morgan fingerprint density at radius 3 is 1.66 bits per heavy atom. The van der Waals surface area contributed by atoms with Crippen molar-refractivity contribution in [2.75, 3.05) is 11.5 Å². The van der Waals surface area contributed by atoms with Crippen LogP contribution in [0.5, 0.6) is 0 Å². The standard InChI is InChI=1S/C34H26O2S2/c37-17-13-23-24-11-15-35-33(24)25(14-18-38)28-20-30-29(19-27(23)28)31(21-7-3-1-4-8-21)26-12-16-36-34(26)32(30)22-9-5-2-6-10-22/h1-12,15-16,19-20,37-38H,13-14,17-18H2. The molecule has 0 fully saturated rings. The lowest BCUT2D eigenvalue weighted by atomic mass is 9.85. The summed E-state index contributed by atoms with van der Waals surface area (Å²) in [4.78, 5) is 0. The maximum atomic E-state index is 6.24. The van der Waals surface area contributed by atoms with E-state index in [2.05, 4.69) is 110 Å². The highest BCUT2D eigenvalue weighted by Gasteiger charge is 2.22. The topological polar surface area (TPSA) is 26.3 Å². The quantitative estimate of drug-likeness (QED) is 0.165. The Kier molecular flexibility index (Phi) is 5.95. The van der Waals surface area contributed by atoms with Gasteiger partial charge in [-0.15, -0.1) is 0 Å². The van der Waals surface area contributed by atoms with Gasteiger partial charge < -0.3 is 8.83 Å². The third-order valence-electron chi connectivity index (χ3n) is 7.62. The zero-order valence-corrected chi connectivity index (χ0v) is 22.6. The number of aryl methyl sites for hydroxylation is 2. The van der Waals surface area contributed by atoms with Crippen LogP contribution in [0.25, 0.3) is 65.7 Å². The van der Waals surface area contributed by atoms with Gasteiger partial charge >= 0.3 is 0 Å². The summed E-state index contributed by atoms with van der Waals surface area (Å²) in [6, 6.07) is 30.2. The minimum absolute atomic E-state index is 0.743. The zero-order valence-electron chi connectivity index (χ0n) is 20.8. The maximum absolute atomic E-state index is 6.24. The van der Waals surface area contributed by atoms with E-state index in [9.17, 15) is 0 Å². The minimum Gasteiger partial charge on any atom is -0.464 e. The van der Waals surface area contributed by atoms with Crippen LogP contribution in [0.2, 0.25) is 0 Å². The molecular formula is C34H26O2S2. The first-order valence-corrected chi connectivity index (χ1v) is 14.2. The van der Waals surface area contributed by atoms with E-state index in [0.717, 1.165) is 52.0 Å². The van der Waals surface area contributed by atoms with E-state index in [1.807, 2.05) is 12.5 Å². The Labute approximate surface area is 232 Å². The van der Waals surface area contributed by atoms with Gasteiger partial charge in [-0.25, -0.2) is 0 Å². The molecule has 2 aromatic heterocycles. The monoisotopic (exact) mass is 530 g/mol. The number of benzene rings is 5. The van der Waals surface area contributed by atoms with Crippen molar-refractivity contribution in [1.29, 1.82) is 0 Å². The van der Waals surface area contributed by atoms with Crippen LogP contribution in [0.15, 0.2) is 106 Å². The lowest BCUT2D eigenvalue weighted by molar-refractivity contribution is 0.612. The molecule has 4 heteroatoms. The average Bonchev–Trinajstić information content (AvgIpc) is 3.64. The number of rotatable bonds is 6. The molecule has 0 aliphatic rings. The van der Waals surface area contributed by atoms with Gasteiger partial charge in [0.25, 0.3) is 0 Å². The molecule has 0 spiro atoms. The highest BCUT2D eigenvalue weighted by Crippen LogP contribution is 2.47. The second kappa shape index (κ2) is 9.61. The van der Waals surface area contributed by atoms with Gasteiger partial charge in [0.15, 0.2) is 0 Å². The molecule has 0 aliphatic heterocycles. The minimum atomic E-state index is 0.743. The van der Waals surface area contributed by atoms with E-state index in [1.54, 1.807) is 0 Å². The molecule has 0 saturated carbocycles. The molecule has 38 heavy (non-hydrogen) atoms. The van der Waals surface area contributed by atoms with Gasteiger partial charge in [-0.05, 0) is 86.8 Å². The fourth-order valence-electron chi connectivity index (χ4n) is 6.08. The van der Waals surface area contributed by atoms with Gasteiger partial charge in [0.05, 0.1) is 12.5 Å². The number of fused-ring (bicyclic) bond motifs is 4. The molecule has 7 aromatic rings. The average molecular weight is 531 g/mol. The normalized spacial score (nSPS) is 11.8. The Balaban J connectivity index is 1.75. The van der Waals surface area contributed by atoms with E-state index in [4.69, 9.17) is 8.83 Å². The molecule has 2 heterocycles. The first kappa shape index (κ1) is 23.5. The first-order valence-electron chi connectivity index (χ1n) is 12.9. The fourth-order valence-corrected chi connectivity index (χ4v) is 6.52. The number of thiol groups is 2. The summed E-state index contributed by atoms with van der Waals surface area (Å²) >= 11 is 9.25. The van der Waals surface area contributed by atoms with Crippen LogP contribution < -0.4 is 0 Å². The molecule has 0 unspecified atom stereocenters. The lowest BCUT2D eigenvalue weighted by Gasteiger charge is -2.18. The number of hydrogen-bond donors (Lipinski definition) is 2.